The van der Waals surface area contributed by atoms with Crippen LogP contribution in [0.3, 0.4) is 0 Å². The summed E-state index contributed by atoms with van der Waals surface area (Å²) in [5.41, 5.74) is 1.53. The third kappa shape index (κ3) is 4.53. The summed E-state index contributed by atoms with van der Waals surface area (Å²) < 4.78 is 10.1. The molecule has 1 atom stereocenters. The van der Waals surface area contributed by atoms with Gasteiger partial charge in [0.25, 0.3) is 5.69 Å². The summed E-state index contributed by atoms with van der Waals surface area (Å²) in [6.07, 6.45) is 0. The molecule has 0 radical (unpaired) electrons. The normalized spacial score (nSPS) is 16.5. The molecule has 0 aromatic heterocycles. The van der Waals surface area contributed by atoms with E-state index in [1.54, 1.807) is 13.0 Å². The van der Waals surface area contributed by atoms with Gasteiger partial charge in [-0.05, 0) is 12.5 Å². The van der Waals surface area contributed by atoms with E-state index in [0.29, 0.717) is 17.0 Å². The van der Waals surface area contributed by atoms with Crippen molar-refractivity contribution in [1.82, 2.24) is 5.32 Å². The fraction of sp³-hybridized carbons (Fsp3) is 0.333. The molecule has 0 saturated carbocycles. The Morgan fingerprint density at radius 1 is 1.32 bits per heavy atom. The van der Waals surface area contributed by atoms with Gasteiger partial charge in [0, 0.05) is 28.9 Å². The number of dihydropyridines is 1. The number of nitrogens with zero attached hydrogens (tertiary/aromatic N) is 1. The number of non-ortho nitro benzene ring substituents is 1. The molecule has 1 aromatic carbocycles. The summed E-state index contributed by atoms with van der Waals surface area (Å²) in [5, 5.41) is 14.5. The standard InChI is InChI=1S/C18H18BrClN2O6/c1-10-14(17(23)27-2)15(11-4-3-5-12(8-11)22(25)26)16(13(9-19)21-10)18(24)28-7-6-20/h3-5,8,15,21H,6-7,9H2,1-2H3/t15-/m0/s1. The van der Waals surface area contributed by atoms with Crippen LogP contribution in [0.15, 0.2) is 46.8 Å². The molecule has 1 heterocycles. The van der Waals surface area contributed by atoms with E-state index in [2.05, 4.69) is 21.2 Å². The number of carbonyl (C=O) groups is 2. The van der Waals surface area contributed by atoms with Crippen LogP contribution in [-0.4, -0.2) is 41.8 Å². The molecule has 0 fully saturated rings. The van der Waals surface area contributed by atoms with E-state index in [1.807, 2.05) is 0 Å². The van der Waals surface area contributed by atoms with Gasteiger partial charge >= 0.3 is 11.9 Å². The average molecular weight is 474 g/mol. The number of benzene rings is 1. The summed E-state index contributed by atoms with van der Waals surface area (Å²) in [5.74, 6) is -2.12. The Kier molecular flexibility index (Phi) is 7.59. The number of nitro groups is 1. The van der Waals surface area contributed by atoms with Crippen LogP contribution < -0.4 is 5.32 Å². The molecule has 0 spiro atoms. The molecule has 10 heteroatoms. The Hall–Kier alpha value is -2.39. The number of allylic oxidation sites excluding steroid dienone is 2. The summed E-state index contributed by atoms with van der Waals surface area (Å²) in [6.45, 7) is 1.65. The Morgan fingerprint density at radius 2 is 2.04 bits per heavy atom. The molecular formula is C18H18BrClN2O6. The first-order chi connectivity index (χ1) is 13.3. The molecule has 150 valence electrons. The lowest BCUT2D eigenvalue weighted by atomic mass is 9.80. The van der Waals surface area contributed by atoms with Crippen LogP contribution in [-0.2, 0) is 19.1 Å². The maximum Gasteiger partial charge on any atom is 0.336 e. The number of hydrogen-bond donors (Lipinski definition) is 1. The number of esters is 2. The summed E-state index contributed by atoms with van der Waals surface area (Å²) >= 11 is 8.94. The highest BCUT2D eigenvalue weighted by atomic mass is 79.9. The molecule has 1 aliphatic heterocycles. The predicted molar refractivity (Wildman–Crippen MR) is 106 cm³/mol. The van der Waals surface area contributed by atoms with Crippen LogP contribution in [0.4, 0.5) is 5.69 Å². The maximum atomic E-state index is 12.8. The Labute approximate surface area is 174 Å². The number of rotatable bonds is 7. The first-order valence-electron chi connectivity index (χ1n) is 8.18. The van der Waals surface area contributed by atoms with Crippen LogP contribution >= 0.6 is 27.5 Å². The largest absolute Gasteiger partial charge is 0.466 e. The highest BCUT2D eigenvalue weighted by molar-refractivity contribution is 9.09. The molecule has 1 aliphatic rings. The Balaban J connectivity index is 2.70. The Morgan fingerprint density at radius 3 is 2.61 bits per heavy atom. The number of hydrogen-bond acceptors (Lipinski definition) is 7. The molecule has 8 nitrogen and oxygen atoms in total. The number of alkyl halides is 2. The van der Waals surface area contributed by atoms with E-state index in [0.717, 1.165) is 0 Å². The zero-order valence-electron chi connectivity index (χ0n) is 15.2. The number of methoxy groups -OCH3 is 1. The average Bonchev–Trinajstić information content (AvgIpc) is 2.70. The smallest absolute Gasteiger partial charge is 0.336 e. The molecule has 0 aliphatic carbocycles. The molecule has 1 aromatic rings. The van der Waals surface area contributed by atoms with Gasteiger partial charge in [0.05, 0.1) is 35.0 Å². The second-order valence-corrected chi connectivity index (χ2v) is 6.73. The van der Waals surface area contributed by atoms with Gasteiger partial charge in [0.2, 0.25) is 0 Å². The SMILES string of the molecule is COC(=O)C1=C(C)NC(CBr)=C(C(=O)OCCCl)[C@H]1c1cccc([N+](=O)[O-])c1. The molecule has 0 bridgehead atoms. The maximum absolute atomic E-state index is 12.8. The van der Waals surface area contributed by atoms with Gasteiger partial charge in [-0.25, -0.2) is 9.59 Å². The van der Waals surface area contributed by atoms with Crippen molar-refractivity contribution in [3.63, 3.8) is 0 Å². The first-order valence-corrected chi connectivity index (χ1v) is 9.83. The van der Waals surface area contributed by atoms with Gasteiger partial charge in [-0.1, -0.05) is 28.1 Å². The minimum absolute atomic E-state index is 0.0165. The van der Waals surface area contributed by atoms with Gasteiger partial charge < -0.3 is 14.8 Å². The number of ether oxygens (including phenoxy) is 2. The zero-order chi connectivity index (χ0) is 20.8. The van der Waals surface area contributed by atoms with Crippen LogP contribution in [0.5, 0.6) is 0 Å². The van der Waals surface area contributed by atoms with Crippen molar-refractivity contribution in [2.24, 2.45) is 0 Å². The van der Waals surface area contributed by atoms with Crippen molar-refractivity contribution in [1.29, 1.82) is 0 Å². The van der Waals surface area contributed by atoms with Crippen molar-refractivity contribution < 1.29 is 24.0 Å². The van der Waals surface area contributed by atoms with Gasteiger partial charge in [0.1, 0.15) is 6.61 Å². The van der Waals surface area contributed by atoms with Gasteiger partial charge in [-0.3, -0.25) is 10.1 Å². The fourth-order valence-electron chi connectivity index (χ4n) is 2.98. The van der Waals surface area contributed by atoms with E-state index < -0.39 is 22.8 Å². The molecule has 0 amide bonds. The number of nitrogens with one attached hydrogen (secondary N) is 1. The summed E-state index contributed by atoms with van der Waals surface area (Å²) in [6, 6.07) is 5.77. The van der Waals surface area contributed by atoms with Crippen LogP contribution in [0.1, 0.15) is 18.4 Å². The minimum atomic E-state index is -0.899. The monoisotopic (exact) mass is 472 g/mol. The van der Waals surface area contributed by atoms with E-state index in [9.17, 15) is 19.7 Å². The van der Waals surface area contributed by atoms with Crippen molar-refractivity contribution in [3.05, 3.63) is 62.5 Å². The highest BCUT2D eigenvalue weighted by Crippen LogP contribution is 2.40. The van der Waals surface area contributed by atoms with Crippen LogP contribution in [0.2, 0.25) is 0 Å². The van der Waals surface area contributed by atoms with Crippen molar-refractivity contribution in [2.45, 2.75) is 12.8 Å². The van der Waals surface area contributed by atoms with E-state index in [-0.39, 0.29) is 34.7 Å². The summed E-state index contributed by atoms with van der Waals surface area (Å²) in [7, 11) is 1.22. The van der Waals surface area contributed by atoms with Crippen LogP contribution in [0.25, 0.3) is 0 Å². The summed E-state index contributed by atoms with van der Waals surface area (Å²) in [4.78, 5) is 36.0. The van der Waals surface area contributed by atoms with Crippen molar-refractivity contribution in [3.8, 4) is 0 Å². The third-order valence-electron chi connectivity index (χ3n) is 4.13. The van der Waals surface area contributed by atoms with E-state index >= 15 is 0 Å². The third-order valence-corrected chi connectivity index (χ3v) is 4.84. The quantitative estimate of drug-likeness (QED) is 0.280. The van der Waals surface area contributed by atoms with Gasteiger partial charge in [0.15, 0.2) is 0 Å². The van der Waals surface area contributed by atoms with Crippen molar-refractivity contribution >= 4 is 45.2 Å². The van der Waals surface area contributed by atoms with Crippen molar-refractivity contribution in [2.75, 3.05) is 24.9 Å². The molecule has 1 N–H and O–H groups in total. The van der Waals surface area contributed by atoms with E-state index in [4.69, 9.17) is 21.1 Å². The van der Waals surface area contributed by atoms with E-state index in [1.165, 1.54) is 25.3 Å². The molecule has 2 rings (SSSR count). The van der Waals surface area contributed by atoms with Gasteiger partial charge in [-0.2, -0.15) is 0 Å². The minimum Gasteiger partial charge on any atom is -0.466 e. The molecule has 0 unspecified atom stereocenters. The van der Waals surface area contributed by atoms with Crippen LogP contribution in [0, 0.1) is 10.1 Å². The number of halogens is 2. The predicted octanol–water partition coefficient (Wildman–Crippen LogP) is 3.16. The number of carbonyl (C=O) groups excluding carboxylic acids is 2. The second kappa shape index (κ2) is 9.70. The first kappa shape index (κ1) is 21.9. The highest BCUT2D eigenvalue weighted by Gasteiger charge is 2.39. The number of nitro benzene ring substituents is 1. The second-order valence-electron chi connectivity index (χ2n) is 5.79. The zero-order valence-corrected chi connectivity index (χ0v) is 17.5. The molecule has 28 heavy (non-hydrogen) atoms. The Bertz CT molecular complexity index is 867. The lowest BCUT2D eigenvalue weighted by molar-refractivity contribution is -0.384. The topological polar surface area (TPSA) is 108 Å². The lowest BCUT2D eigenvalue weighted by Gasteiger charge is -2.30. The lowest BCUT2D eigenvalue weighted by Crippen LogP contribution is -2.33. The molecule has 0 saturated heterocycles. The molecular weight excluding hydrogens is 456 g/mol. The van der Waals surface area contributed by atoms with Gasteiger partial charge in [-0.15, -0.1) is 11.6 Å². The fourth-order valence-corrected chi connectivity index (χ4v) is 3.50.